The maximum Gasteiger partial charge on any atom is 0.423 e. The molecule has 3 aliphatic rings. The van der Waals surface area contributed by atoms with Gasteiger partial charge in [-0.15, -0.1) is 0 Å². The van der Waals surface area contributed by atoms with Gasteiger partial charge in [0, 0.05) is 56.7 Å². The molecule has 250 valence electrons. The molecule has 2 amide bonds. The fraction of sp³-hybridized carbons (Fsp3) is 0.400. The number of halogens is 6. The van der Waals surface area contributed by atoms with Crippen molar-refractivity contribution in [1.82, 2.24) is 24.3 Å². The lowest BCUT2D eigenvalue weighted by Gasteiger charge is -2.41. The minimum atomic E-state index is -5.61. The van der Waals surface area contributed by atoms with Gasteiger partial charge in [0.15, 0.2) is 5.82 Å². The van der Waals surface area contributed by atoms with Crippen LogP contribution in [-0.2, 0) is 27.4 Å². The van der Waals surface area contributed by atoms with Crippen molar-refractivity contribution in [2.75, 3.05) is 49.6 Å². The maximum atomic E-state index is 12.8. The molecule has 2 aromatic heterocycles. The van der Waals surface area contributed by atoms with Gasteiger partial charge in [0.2, 0.25) is 12.0 Å². The van der Waals surface area contributed by atoms with Crippen LogP contribution in [0.3, 0.4) is 0 Å². The summed E-state index contributed by atoms with van der Waals surface area (Å²) < 4.78 is 88.3. The Hall–Kier alpha value is -4.64. The quantitative estimate of drug-likeness (QED) is 0.362. The molecule has 11 nitrogen and oxygen atoms in total. The normalized spacial score (nSPS) is 17.3. The first-order chi connectivity index (χ1) is 22.3. The van der Waals surface area contributed by atoms with Gasteiger partial charge in [0.05, 0.1) is 37.0 Å². The van der Waals surface area contributed by atoms with E-state index >= 15 is 0 Å². The van der Waals surface area contributed by atoms with Gasteiger partial charge in [0.1, 0.15) is 12.5 Å². The van der Waals surface area contributed by atoms with E-state index in [0.717, 1.165) is 10.6 Å². The molecule has 0 unspecified atom stereocenters. The minimum Gasteiger partial charge on any atom is -0.378 e. The fourth-order valence-corrected chi connectivity index (χ4v) is 5.40. The predicted octanol–water partition coefficient (Wildman–Crippen LogP) is 3.90. The fourth-order valence-electron chi connectivity index (χ4n) is 5.40. The van der Waals surface area contributed by atoms with Crippen molar-refractivity contribution in [3.8, 4) is 0 Å². The van der Waals surface area contributed by atoms with Gasteiger partial charge in [-0.25, -0.2) is 9.97 Å². The summed E-state index contributed by atoms with van der Waals surface area (Å²) in [4.78, 5) is 39.2. The number of nitrogens with zero attached hydrogens (tertiary/aromatic N) is 6. The lowest BCUT2D eigenvalue weighted by Crippen LogP contribution is -2.59. The number of morpholine rings is 1. The second kappa shape index (κ2) is 12.9. The number of fused-ring (bicyclic) bond motifs is 1. The Morgan fingerprint density at radius 3 is 2.43 bits per heavy atom. The van der Waals surface area contributed by atoms with Gasteiger partial charge < -0.3 is 34.1 Å². The number of alkyl halides is 6. The highest BCUT2D eigenvalue weighted by molar-refractivity contribution is 5.94. The van der Waals surface area contributed by atoms with E-state index in [1.54, 1.807) is 47.6 Å². The predicted molar refractivity (Wildman–Crippen MR) is 155 cm³/mol. The molecule has 0 spiro atoms. The second-order valence-electron chi connectivity index (χ2n) is 11.2. The van der Waals surface area contributed by atoms with Crippen LogP contribution in [0.2, 0.25) is 0 Å². The number of anilines is 2. The van der Waals surface area contributed by atoms with Gasteiger partial charge in [-0.2, -0.15) is 26.3 Å². The highest BCUT2D eigenvalue weighted by Gasteiger charge is 2.59. The van der Waals surface area contributed by atoms with Gasteiger partial charge in [-0.1, -0.05) is 12.1 Å². The van der Waals surface area contributed by atoms with Crippen LogP contribution < -0.4 is 10.2 Å². The van der Waals surface area contributed by atoms with E-state index < -0.39 is 30.5 Å². The second-order valence-corrected chi connectivity index (χ2v) is 11.2. The zero-order valence-corrected chi connectivity index (χ0v) is 24.7. The number of hydrogen-bond donors (Lipinski definition) is 1. The highest BCUT2D eigenvalue weighted by Crippen LogP contribution is 2.37. The van der Waals surface area contributed by atoms with Crippen molar-refractivity contribution >= 4 is 29.0 Å². The number of amides is 2. The lowest BCUT2D eigenvalue weighted by molar-refractivity contribution is -0.336. The molecule has 3 aliphatic heterocycles. The van der Waals surface area contributed by atoms with Gasteiger partial charge in [-0.05, 0) is 29.8 Å². The standard InChI is InChI=1S/C30H29F6N7O4/c31-29(32,33)28(30(34,35)36)47-22-15-42(16-22)25(44)13-19-2-1-3-21(12-19)43-17-23(26-37-6-7-41(26)18-43)39-24-5-4-20(14-38-24)27(45)40-8-10-46-11-9-40/h1-7,12,14,17,22,28H,8-11,13,15-16,18H2,(H,38,39). The molecule has 17 heteroatoms. The van der Waals surface area contributed by atoms with Crippen LogP contribution >= 0.6 is 0 Å². The third-order valence-electron chi connectivity index (χ3n) is 7.84. The zero-order valence-electron chi connectivity index (χ0n) is 24.7. The van der Waals surface area contributed by atoms with Gasteiger partial charge >= 0.3 is 12.4 Å². The molecule has 0 radical (unpaired) electrons. The summed E-state index contributed by atoms with van der Waals surface area (Å²) in [5, 5.41) is 3.25. The average Bonchev–Trinajstić information content (AvgIpc) is 3.49. The Balaban J connectivity index is 1.09. The SMILES string of the molecule is O=C(Cc1cccc(N2C=C(Nc3ccc(C(=O)N4CCOCC4)cn3)c3nccn3C2)c1)N1CC(OC(C(F)(F)F)C(F)(F)F)C1. The van der Waals surface area contributed by atoms with Gasteiger partial charge in [-0.3, -0.25) is 9.59 Å². The topological polar surface area (TPSA) is 105 Å². The lowest BCUT2D eigenvalue weighted by atomic mass is 10.1. The van der Waals surface area contributed by atoms with Crippen molar-refractivity contribution in [2.24, 2.45) is 0 Å². The van der Waals surface area contributed by atoms with E-state index in [9.17, 15) is 35.9 Å². The summed E-state index contributed by atoms with van der Waals surface area (Å²) in [5.74, 6) is 0.561. The first-order valence-electron chi connectivity index (χ1n) is 14.6. The first-order valence-corrected chi connectivity index (χ1v) is 14.6. The number of aromatic nitrogens is 3. The largest absolute Gasteiger partial charge is 0.423 e. The molecule has 47 heavy (non-hydrogen) atoms. The number of likely N-dealkylation sites (tertiary alicyclic amines) is 1. The van der Waals surface area contributed by atoms with E-state index in [1.165, 1.54) is 6.20 Å². The highest BCUT2D eigenvalue weighted by atomic mass is 19.4. The van der Waals surface area contributed by atoms with Crippen LogP contribution in [0.1, 0.15) is 21.7 Å². The van der Waals surface area contributed by atoms with Crippen molar-refractivity contribution < 1.29 is 45.4 Å². The van der Waals surface area contributed by atoms with Crippen molar-refractivity contribution in [2.45, 2.75) is 37.7 Å². The van der Waals surface area contributed by atoms with Crippen LogP contribution in [0.15, 0.2) is 61.2 Å². The zero-order chi connectivity index (χ0) is 33.3. The smallest absolute Gasteiger partial charge is 0.378 e. The molecule has 0 aliphatic carbocycles. The number of ether oxygens (including phenoxy) is 2. The Kier molecular flexibility index (Phi) is 8.84. The van der Waals surface area contributed by atoms with Crippen LogP contribution in [0, 0.1) is 0 Å². The number of imidazole rings is 1. The number of nitrogens with one attached hydrogen (secondary N) is 1. The number of hydrogen-bond acceptors (Lipinski definition) is 8. The molecule has 0 bridgehead atoms. The molecule has 6 rings (SSSR count). The average molecular weight is 666 g/mol. The summed E-state index contributed by atoms with van der Waals surface area (Å²) in [6.45, 7) is 1.67. The number of carbonyl (C=O) groups excluding carboxylic acids is 2. The molecular weight excluding hydrogens is 636 g/mol. The third kappa shape index (κ3) is 7.35. The molecular formula is C30H29F6N7O4. The Morgan fingerprint density at radius 2 is 1.74 bits per heavy atom. The number of pyridine rings is 1. The Bertz CT molecular complexity index is 1620. The van der Waals surface area contributed by atoms with Crippen molar-refractivity contribution in [3.05, 3.63) is 78.1 Å². The van der Waals surface area contributed by atoms with Gasteiger partial charge in [0.25, 0.3) is 5.91 Å². The molecule has 1 N–H and O–H groups in total. The molecule has 2 saturated heterocycles. The molecule has 3 aromatic rings. The molecule has 2 fully saturated rings. The Labute approximate surface area is 264 Å². The van der Waals surface area contributed by atoms with E-state index in [2.05, 4.69) is 20.0 Å². The number of carbonyl (C=O) groups is 2. The maximum absolute atomic E-state index is 12.8. The van der Waals surface area contributed by atoms with Crippen molar-refractivity contribution in [1.29, 1.82) is 0 Å². The summed E-state index contributed by atoms with van der Waals surface area (Å²) in [6.07, 6.45) is -9.82. The van der Waals surface area contributed by atoms with Crippen LogP contribution in [-0.4, -0.2) is 100 Å². The van der Waals surface area contributed by atoms with E-state index in [4.69, 9.17) is 4.74 Å². The molecule has 0 saturated carbocycles. The molecule has 1 aromatic carbocycles. The third-order valence-corrected chi connectivity index (χ3v) is 7.84. The van der Waals surface area contributed by atoms with E-state index in [0.29, 0.717) is 61.4 Å². The van der Waals surface area contributed by atoms with Crippen molar-refractivity contribution in [3.63, 3.8) is 0 Å². The molecule has 0 atom stereocenters. The van der Waals surface area contributed by atoms with Crippen LogP contribution in [0.4, 0.5) is 37.8 Å². The number of benzene rings is 1. The monoisotopic (exact) mass is 665 g/mol. The van der Waals surface area contributed by atoms with E-state index in [-0.39, 0.29) is 25.4 Å². The Morgan fingerprint density at radius 1 is 1.00 bits per heavy atom. The van der Waals surface area contributed by atoms with Crippen LogP contribution in [0.5, 0.6) is 0 Å². The summed E-state index contributed by atoms with van der Waals surface area (Å²) in [5.41, 5.74) is 2.39. The summed E-state index contributed by atoms with van der Waals surface area (Å²) in [7, 11) is 0. The minimum absolute atomic E-state index is 0.110. The van der Waals surface area contributed by atoms with Crippen LogP contribution in [0.25, 0.3) is 5.70 Å². The molecule has 5 heterocycles. The summed E-state index contributed by atoms with van der Waals surface area (Å²) in [6, 6.07) is 10.4. The van der Waals surface area contributed by atoms with E-state index in [1.807, 2.05) is 21.7 Å². The summed E-state index contributed by atoms with van der Waals surface area (Å²) >= 11 is 0. The first kappa shape index (κ1) is 32.3. The number of rotatable bonds is 8.